The van der Waals surface area contributed by atoms with E-state index in [0.29, 0.717) is 17.2 Å². The monoisotopic (exact) mass is 472 g/mol. The van der Waals surface area contributed by atoms with Crippen LogP contribution in [0.15, 0.2) is 72.8 Å². The lowest BCUT2D eigenvalue weighted by molar-refractivity contribution is -0.115. The topological polar surface area (TPSA) is 49.4 Å². The van der Waals surface area contributed by atoms with Gasteiger partial charge in [-0.05, 0) is 64.4 Å². The van der Waals surface area contributed by atoms with Crippen molar-refractivity contribution in [3.05, 3.63) is 95.1 Å². The molecular formula is C29H32N2O2S. The number of nitrogens with zero attached hydrogens (tertiary/aromatic N) is 1. The normalized spacial score (nSPS) is 16.2. The van der Waals surface area contributed by atoms with E-state index in [4.69, 9.17) is 0 Å². The molecule has 0 spiro atoms. The van der Waals surface area contributed by atoms with Gasteiger partial charge in [0.1, 0.15) is 5.37 Å². The Labute approximate surface area is 206 Å². The van der Waals surface area contributed by atoms with E-state index in [2.05, 4.69) is 52.1 Å². The Hall–Kier alpha value is -3.05. The summed E-state index contributed by atoms with van der Waals surface area (Å²) in [6.07, 6.45) is 0. The number of nitrogens with one attached hydrogen (secondary N) is 1. The molecule has 0 saturated carbocycles. The first-order valence-corrected chi connectivity index (χ1v) is 12.7. The zero-order valence-corrected chi connectivity index (χ0v) is 21.3. The van der Waals surface area contributed by atoms with Gasteiger partial charge in [0.2, 0.25) is 5.91 Å². The lowest BCUT2D eigenvalue weighted by atomic mass is 9.87. The van der Waals surface area contributed by atoms with Crippen LogP contribution in [0.4, 0.5) is 11.4 Å². The molecule has 2 amide bonds. The van der Waals surface area contributed by atoms with Gasteiger partial charge in [-0.2, -0.15) is 0 Å². The van der Waals surface area contributed by atoms with E-state index in [9.17, 15) is 9.59 Å². The maximum Gasteiger partial charge on any atom is 0.255 e. The summed E-state index contributed by atoms with van der Waals surface area (Å²) in [5, 5.41) is 2.89. The standard InChI is InChI=1S/C29H32N2O2S/c1-19(2)20-11-15-25(16-12-20)31-26(32)18-34-28(31)22-7-6-8-24(17-22)30-27(33)21-9-13-23(14-10-21)29(3,4)5/h6-17,19,28H,18H2,1-5H3,(H,30,33). The predicted octanol–water partition coefficient (Wildman–Crippen LogP) is 7.14. The molecule has 1 N–H and O–H groups in total. The fraction of sp³-hybridized carbons (Fsp3) is 0.310. The van der Waals surface area contributed by atoms with E-state index in [-0.39, 0.29) is 22.6 Å². The number of carbonyl (C=O) groups is 2. The van der Waals surface area contributed by atoms with Crippen LogP contribution in [0, 0.1) is 0 Å². The summed E-state index contributed by atoms with van der Waals surface area (Å²) >= 11 is 1.61. The SMILES string of the molecule is CC(C)c1ccc(N2C(=O)CSC2c2cccc(NC(=O)c3ccc(C(C)(C)C)cc3)c2)cc1. The molecule has 4 nitrogen and oxygen atoms in total. The van der Waals surface area contributed by atoms with Crippen LogP contribution in [-0.4, -0.2) is 17.6 Å². The molecular weight excluding hydrogens is 440 g/mol. The first-order valence-electron chi connectivity index (χ1n) is 11.7. The summed E-state index contributed by atoms with van der Waals surface area (Å²) in [6, 6.07) is 23.8. The third-order valence-corrected chi connectivity index (χ3v) is 7.36. The first kappa shape index (κ1) is 24.1. The minimum Gasteiger partial charge on any atom is -0.322 e. The molecule has 1 atom stereocenters. The molecule has 0 bridgehead atoms. The average molecular weight is 473 g/mol. The molecule has 5 heteroatoms. The number of carbonyl (C=O) groups excluding carboxylic acids is 2. The van der Waals surface area contributed by atoms with Gasteiger partial charge in [0.15, 0.2) is 0 Å². The third-order valence-electron chi connectivity index (χ3n) is 6.15. The third kappa shape index (κ3) is 5.20. The van der Waals surface area contributed by atoms with Gasteiger partial charge in [-0.3, -0.25) is 14.5 Å². The van der Waals surface area contributed by atoms with Crippen molar-refractivity contribution in [3.8, 4) is 0 Å². The maximum atomic E-state index is 12.9. The molecule has 1 fully saturated rings. The van der Waals surface area contributed by atoms with Crippen molar-refractivity contribution in [1.29, 1.82) is 0 Å². The molecule has 34 heavy (non-hydrogen) atoms. The highest BCUT2D eigenvalue weighted by atomic mass is 32.2. The van der Waals surface area contributed by atoms with E-state index >= 15 is 0 Å². The Bertz CT molecular complexity index is 1180. The minimum atomic E-state index is -0.145. The van der Waals surface area contributed by atoms with Crippen molar-refractivity contribution in [2.45, 2.75) is 51.3 Å². The van der Waals surface area contributed by atoms with Crippen LogP contribution in [-0.2, 0) is 10.2 Å². The molecule has 0 aromatic heterocycles. The maximum absolute atomic E-state index is 12.9. The summed E-state index contributed by atoms with van der Waals surface area (Å²) in [6.45, 7) is 10.8. The summed E-state index contributed by atoms with van der Waals surface area (Å²) in [5.41, 5.74) is 5.71. The van der Waals surface area contributed by atoms with Crippen molar-refractivity contribution in [2.75, 3.05) is 16.0 Å². The number of anilines is 2. The average Bonchev–Trinajstić information content (AvgIpc) is 3.20. The number of thioether (sulfide) groups is 1. The lowest BCUT2D eigenvalue weighted by Gasteiger charge is -2.25. The second-order valence-corrected chi connectivity index (χ2v) is 11.1. The number of hydrogen-bond donors (Lipinski definition) is 1. The summed E-state index contributed by atoms with van der Waals surface area (Å²) in [4.78, 5) is 27.5. The van der Waals surface area contributed by atoms with E-state index in [1.165, 1.54) is 11.1 Å². The van der Waals surface area contributed by atoms with Gasteiger partial charge in [-0.15, -0.1) is 11.8 Å². The zero-order chi connectivity index (χ0) is 24.5. The van der Waals surface area contributed by atoms with E-state index in [0.717, 1.165) is 16.9 Å². The molecule has 1 saturated heterocycles. The molecule has 1 aliphatic rings. The van der Waals surface area contributed by atoms with Gasteiger partial charge in [0.25, 0.3) is 5.91 Å². The molecule has 4 rings (SSSR count). The van der Waals surface area contributed by atoms with Gasteiger partial charge < -0.3 is 5.32 Å². The van der Waals surface area contributed by atoms with Gasteiger partial charge >= 0.3 is 0 Å². The van der Waals surface area contributed by atoms with Crippen LogP contribution in [0.2, 0.25) is 0 Å². The largest absolute Gasteiger partial charge is 0.322 e. The van der Waals surface area contributed by atoms with Crippen LogP contribution in [0.1, 0.15) is 73.0 Å². The van der Waals surface area contributed by atoms with Gasteiger partial charge in [-0.1, -0.05) is 71.0 Å². The Morgan fingerprint density at radius 2 is 1.68 bits per heavy atom. The Morgan fingerprint density at radius 3 is 2.29 bits per heavy atom. The zero-order valence-electron chi connectivity index (χ0n) is 20.5. The van der Waals surface area contributed by atoms with Crippen molar-refractivity contribution >= 4 is 35.0 Å². The number of rotatable bonds is 5. The summed E-state index contributed by atoms with van der Waals surface area (Å²) < 4.78 is 0. The Kier molecular flexibility index (Phi) is 6.85. The molecule has 1 unspecified atom stereocenters. The highest BCUT2D eigenvalue weighted by Crippen LogP contribution is 2.42. The molecule has 0 radical (unpaired) electrons. The first-order chi connectivity index (χ1) is 16.1. The molecule has 0 aliphatic carbocycles. The summed E-state index contributed by atoms with van der Waals surface area (Å²) in [5.74, 6) is 0.834. The highest BCUT2D eigenvalue weighted by molar-refractivity contribution is 8.00. The minimum absolute atomic E-state index is 0.0424. The molecule has 1 aliphatic heterocycles. The van der Waals surface area contributed by atoms with Crippen LogP contribution in [0.5, 0.6) is 0 Å². The number of hydrogen-bond acceptors (Lipinski definition) is 3. The van der Waals surface area contributed by atoms with Crippen molar-refractivity contribution in [3.63, 3.8) is 0 Å². The second kappa shape index (κ2) is 9.67. The summed E-state index contributed by atoms with van der Waals surface area (Å²) in [7, 11) is 0. The predicted molar refractivity (Wildman–Crippen MR) is 143 cm³/mol. The van der Waals surface area contributed by atoms with Crippen LogP contribution in [0.25, 0.3) is 0 Å². The Morgan fingerprint density at radius 1 is 1.00 bits per heavy atom. The Balaban J connectivity index is 1.53. The van der Waals surface area contributed by atoms with Gasteiger partial charge in [-0.25, -0.2) is 0 Å². The van der Waals surface area contributed by atoms with Crippen LogP contribution in [0.3, 0.4) is 0 Å². The second-order valence-electron chi connectivity index (χ2n) is 10.1. The van der Waals surface area contributed by atoms with E-state index in [1.54, 1.807) is 11.8 Å². The number of amides is 2. The van der Waals surface area contributed by atoms with Crippen molar-refractivity contribution in [1.82, 2.24) is 0 Å². The van der Waals surface area contributed by atoms with Crippen LogP contribution >= 0.6 is 11.8 Å². The van der Waals surface area contributed by atoms with Crippen molar-refractivity contribution < 1.29 is 9.59 Å². The molecule has 3 aromatic carbocycles. The van der Waals surface area contributed by atoms with Crippen LogP contribution < -0.4 is 10.2 Å². The number of benzene rings is 3. The van der Waals surface area contributed by atoms with Crippen molar-refractivity contribution in [2.24, 2.45) is 0 Å². The molecule has 3 aromatic rings. The van der Waals surface area contributed by atoms with E-state index < -0.39 is 0 Å². The fourth-order valence-corrected chi connectivity index (χ4v) is 5.23. The lowest BCUT2D eigenvalue weighted by Crippen LogP contribution is -2.27. The highest BCUT2D eigenvalue weighted by Gasteiger charge is 2.34. The van der Waals surface area contributed by atoms with Gasteiger partial charge in [0, 0.05) is 16.9 Å². The fourth-order valence-electron chi connectivity index (χ4n) is 4.06. The molecule has 1 heterocycles. The van der Waals surface area contributed by atoms with Gasteiger partial charge in [0.05, 0.1) is 5.75 Å². The molecule has 176 valence electrons. The quantitative estimate of drug-likeness (QED) is 0.429. The smallest absolute Gasteiger partial charge is 0.255 e. The van der Waals surface area contributed by atoms with E-state index in [1.807, 2.05) is 65.6 Å².